The summed E-state index contributed by atoms with van der Waals surface area (Å²) in [6, 6.07) is 17.1. The standard InChI is InChI=1S/C27H25FN4O3/c1-17-9-10-18(2)22(12-17)32-25(33)23-14-21(24-8-5-11-35-24)30-31(23)16-27(32,3)26(34)29-15-19-6-4-7-20(28)13-19/h4-14H,15-16H2,1-3H3,(H,29,34)/t27-/m0/s1. The molecule has 2 aromatic carbocycles. The number of rotatable bonds is 5. The van der Waals surface area contributed by atoms with Crippen LogP contribution >= 0.6 is 0 Å². The van der Waals surface area contributed by atoms with Gasteiger partial charge in [0.05, 0.1) is 12.8 Å². The van der Waals surface area contributed by atoms with Crippen molar-refractivity contribution in [2.24, 2.45) is 0 Å². The minimum Gasteiger partial charge on any atom is -0.463 e. The van der Waals surface area contributed by atoms with Crippen molar-refractivity contribution < 1.29 is 18.4 Å². The van der Waals surface area contributed by atoms with Gasteiger partial charge in [0.2, 0.25) is 5.91 Å². The van der Waals surface area contributed by atoms with E-state index in [4.69, 9.17) is 4.42 Å². The maximum absolute atomic E-state index is 13.9. The predicted octanol–water partition coefficient (Wildman–Crippen LogP) is 4.63. The third-order valence-electron chi connectivity index (χ3n) is 6.36. The largest absolute Gasteiger partial charge is 0.463 e. The molecule has 0 aliphatic carbocycles. The lowest BCUT2D eigenvalue weighted by molar-refractivity contribution is -0.126. The third kappa shape index (κ3) is 4.01. The first-order valence-electron chi connectivity index (χ1n) is 11.3. The number of fused-ring (bicyclic) bond motifs is 1. The SMILES string of the molecule is Cc1ccc(C)c(N2C(=O)c3cc(-c4ccco4)nn3C[C@@]2(C)C(=O)NCc2cccc(F)c2)c1. The zero-order valence-corrected chi connectivity index (χ0v) is 19.7. The average Bonchev–Trinajstić information content (AvgIpc) is 3.50. The molecule has 5 rings (SSSR count). The lowest BCUT2D eigenvalue weighted by Crippen LogP contribution is -2.64. The number of carbonyl (C=O) groups is 2. The molecule has 0 unspecified atom stereocenters. The summed E-state index contributed by atoms with van der Waals surface area (Å²) in [6.45, 7) is 5.85. The van der Waals surface area contributed by atoms with Crippen LogP contribution in [-0.2, 0) is 17.9 Å². The van der Waals surface area contributed by atoms with Crippen LogP contribution < -0.4 is 10.2 Å². The van der Waals surface area contributed by atoms with E-state index in [0.717, 1.165) is 11.1 Å². The first-order valence-corrected chi connectivity index (χ1v) is 11.3. The molecule has 2 amide bonds. The Morgan fingerprint density at radius 2 is 1.97 bits per heavy atom. The molecule has 2 aromatic heterocycles. The summed E-state index contributed by atoms with van der Waals surface area (Å²) in [6.07, 6.45) is 1.54. The number of nitrogens with one attached hydrogen (secondary N) is 1. The van der Waals surface area contributed by atoms with Crippen molar-refractivity contribution in [2.45, 2.75) is 39.4 Å². The van der Waals surface area contributed by atoms with Crippen molar-refractivity contribution in [3.05, 3.63) is 95.1 Å². The van der Waals surface area contributed by atoms with Gasteiger partial charge in [-0.05, 0) is 67.8 Å². The number of nitrogens with zero attached hydrogens (tertiary/aromatic N) is 3. The average molecular weight is 473 g/mol. The van der Waals surface area contributed by atoms with E-state index < -0.39 is 5.54 Å². The number of hydrogen-bond donors (Lipinski definition) is 1. The molecule has 1 N–H and O–H groups in total. The van der Waals surface area contributed by atoms with Gasteiger partial charge < -0.3 is 9.73 Å². The van der Waals surface area contributed by atoms with Gasteiger partial charge >= 0.3 is 0 Å². The lowest BCUT2D eigenvalue weighted by atomic mass is 9.92. The van der Waals surface area contributed by atoms with Gasteiger partial charge in [-0.3, -0.25) is 19.2 Å². The summed E-state index contributed by atoms with van der Waals surface area (Å²) in [5, 5.41) is 7.46. The second kappa shape index (κ2) is 8.54. The number of carbonyl (C=O) groups excluding carboxylic acids is 2. The van der Waals surface area contributed by atoms with Crippen molar-refractivity contribution in [3.63, 3.8) is 0 Å². The predicted molar refractivity (Wildman–Crippen MR) is 129 cm³/mol. The Balaban J connectivity index is 1.57. The fourth-order valence-electron chi connectivity index (χ4n) is 4.48. The van der Waals surface area contributed by atoms with Gasteiger partial charge in [-0.25, -0.2) is 4.39 Å². The molecule has 4 aromatic rings. The zero-order valence-electron chi connectivity index (χ0n) is 19.7. The highest BCUT2D eigenvalue weighted by atomic mass is 19.1. The molecule has 0 radical (unpaired) electrons. The van der Waals surface area contributed by atoms with Crippen LogP contribution in [0.4, 0.5) is 10.1 Å². The molecule has 1 aliphatic heterocycles. The molecule has 7 nitrogen and oxygen atoms in total. The molecule has 0 saturated carbocycles. The maximum Gasteiger partial charge on any atom is 0.277 e. The smallest absolute Gasteiger partial charge is 0.277 e. The molecular weight excluding hydrogens is 447 g/mol. The second-order valence-electron chi connectivity index (χ2n) is 9.07. The highest BCUT2D eigenvalue weighted by Crippen LogP contribution is 2.36. The number of furan rings is 1. The number of hydrogen-bond acceptors (Lipinski definition) is 4. The minimum absolute atomic E-state index is 0.130. The molecule has 35 heavy (non-hydrogen) atoms. The van der Waals surface area contributed by atoms with E-state index in [2.05, 4.69) is 10.4 Å². The number of aryl methyl sites for hydroxylation is 2. The van der Waals surface area contributed by atoms with E-state index in [1.807, 2.05) is 32.0 Å². The number of halogens is 1. The van der Waals surface area contributed by atoms with Crippen LogP contribution in [0.25, 0.3) is 11.5 Å². The van der Waals surface area contributed by atoms with E-state index >= 15 is 0 Å². The molecule has 1 aliphatic rings. The van der Waals surface area contributed by atoms with Gasteiger partial charge in [-0.2, -0.15) is 5.10 Å². The molecule has 0 fully saturated rings. The van der Waals surface area contributed by atoms with Crippen molar-refractivity contribution in [2.75, 3.05) is 4.90 Å². The first kappa shape index (κ1) is 22.6. The molecule has 0 saturated heterocycles. The molecule has 8 heteroatoms. The van der Waals surface area contributed by atoms with E-state index in [1.165, 1.54) is 12.1 Å². The fraction of sp³-hybridized carbons (Fsp3) is 0.222. The van der Waals surface area contributed by atoms with Gasteiger partial charge in [-0.1, -0.05) is 24.3 Å². The van der Waals surface area contributed by atoms with Gasteiger partial charge in [-0.15, -0.1) is 0 Å². The Bertz CT molecular complexity index is 1430. The van der Waals surface area contributed by atoms with Crippen LogP contribution in [0.5, 0.6) is 0 Å². The molecular formula is C27H25FN4O3. The highest BCUT2D eigenvalue weighted by molar-refractivity contribution is 6.12. The van der Waals surface area contributed by atoms with Crippen molar-refractivity contribution in [1.82, 2.24) is 15.1 Å². The molecule has 3 heterocycles. The van der Waals surface area contributed by atoms with Gasteiger partial charge in [0, 0.05) is 18.3 Å². The number of anilines is 1. The normalized spacial score (nSPS) is 17.4. The molecule has 0 spiro atoms. The van der Waals surface area contributed by atoms with Crippen LogP contribution in [0.15, 0.2) is 71.3 Å². The minimum atomic E-state index is -1.29. The Morgan fingerprint density at radius 1 is 1.14 bits per heavy atom. The summed E-state index contributed by atoms with van der Waals surface area (Å²) >= 11 is 0. The third-order valence-corrected chi connectivity index (χ3v) is 6.36. The number of benzene rings is 2. The Hall–Kier alpha value is -4.20. The maximum atomic E-state index is 13.9. The summed E-state index contributed by atoms with van der Waals surface area (Å²) < 4.78 is 20.7. The summed E-state index contributed by atoms with van der Waals surface area (Å²) in [5.74, 6) is -0.537. The van der Waals surface area contributed by atoms with Crippen LogP contribution in [0, 0.1) is 19.7 Å². The van der Waals surface area contributed by atoms with Crippen molar-refractivity contribution >= 4 is 17.5 Å². The fourth-order valence-corrected chi connectivity index (χ4v) is 4.48. The topological polar surface area (TPSA) is 80.4 Å². The van der Waals surface area contributed by atoms with Crippen LogP contribution in [-0.4, -0.2) is 27.1 Å². The van der Waals surface area contributed by atoms with E-state index in [1.54, 1.807) is 53.1 Å². The summed E-state index contributed by atoms with van der Waals surface area (Å²) in [4.78, 5) is 29.2. The Labute approximate surface area is 202 Å². The molecule has 0 bridgehead atoms. The number of amides is 2. The second-order valence-corrected chi connectivity index (χ2v) is 9.07. The zero-order chi connectivity index (χ0) is 24.7. The Morgan fingerprint density at radius 3 is 2.71 bits per heavy atom. The Kier molecular flexibility index (Phi) is 5.51. The van der Waals surface area contributed by atoms with Crippen LogP contribution in [0.3, 0.4) is 0 Å². The lowest BCUT2D eigenvalue weighted by Gasteiger charge is -2.43. The van der Waals surface area contributed by atoms with Crippen LogP contribution in [0.2, 0.25) is 0 Å². The van der Waals surface area contributed by atoms with E-state index in [9.17, 15) is 14.0 Å². The summed E-state index contributed by atoms with van der Waals surface area (Å²) in [7, 11) is 0. The van der Waals surface area contributed by atoms with Gasteiger partial charge in [0.15, 0.2) is 5.76 Å². The quantitative estimate of drug-likeness (QED) is 0.459. The van der Waals surface area contributed by atoms with E-state index in [0.29, 0.717) is 28.4 Å². The van der Waals surface area contributed by atoms with Crippen LogP contribution in [0.1, 0.15) is 34.1 Å². The van der Waals surface area contributed by atoms with Gasteiger partial charge in [0.1, 0.15) is 22.7 Å². The first-order chi connectivity index (χ1) is 16.8. The van der Waals surface area contributed by atoms with Crippen molar-refractivity contribution in [3.8, 4) is 11.5 Å². The molecule has 178 valence electrons. The highest BCUT2D eigenvalue weighted by Gasteiger charge is 2.49. The van der Waals surface area contributed by atoms with E-state index in [-0.39, 0.29) is 30.7 Å². The van der Waals surface area contributed by atoms with Gasteiger partial charge in [0.25, 0.3) is 5.91 Å². The molecule has 1 atom stereocenters. The monoisotopic (exact) mass is 472 g/mol. The number of aromatic nitrogens is 2. The summed E-state index contributed by atoms with van der Waals surface area (Å²) in [5.41, 5.74) is 2.72. The van der Waals surface area contributed by atoms with Crippen molar-refractivity contribution in [1.29, 1.82) is 0 Å².